The molecule has 21 heavy (non-hydrogen) atoms. The summed E-state index contributed by atoms with van der Waals surface area (Å²) in [6.07, 6.45) is 13.6. The van der Waals surface area contributed by atoms with Crippen molar-refractivity contribution in [2.45, 2.75) is 70.3 Å². The van der Waals surface area contributed by atoms with Crippen LogP contribution in [0.15, 0.2) is 0 Å². The lowest BCUT2D eigenvalue weighted by Crippen LogP contribution is -2.52. The Morgan fingerprint density at radius 2 is 1.43 bits per heavy atom. The number of aliphatic hydroxyl groups excluding tert-OH is 1. The highest BCUT2D eigenvalue weighted by Gasteiger charge is 2.34. The van der Waals surface area contributed by atoms with Gasteiger partial charge < -0.3 is 10.0 Å². The molecule has 0 bridgehead atoms. The molecule has 0 aromatic carbocycles. The van der Waals surface area contributed by atoms with E-state index in [-0.39, 0.29) is 5.41 Å². The highest BCUT2D eigenvalue weighted by Crippen LogP contribution is 2.36. The molecule has 3 rings (SSSR count). The Morgan fingerprint density at radius 1 is 0.810 bits per heavy atom. The van der Waals surface area contributed by atoms with Crippen LogP contribution in [0.3, 0.4) is 0 Å². The van der Waals surface area contributed by atoms with Crippen molar-refractivity contribution >= 4 is 0 Å². The van der Waals surface area contributed by atoms with Crippen LogP contribution < -0.4 is 0 Å². The molecule has 2 aliphatic carbocycles. The number of rotatable bonds is 4. The topological polar surface area (TPSA) is 26.7 Å². The first-order valence-electron chi connectivity index (χ1n) is 9.39. The third kappa shape index (κ3) is 4.00. The van der Waals surface area contributed by atoms with Crippen LogP contribution in [-0.2, 0) is 0 Å². The van der Waals surface area contributed by atoms with Gasteiger partial charge in [-0.3, -0.25) is 4.90 Å². The van der Waals surface area contributed by atoms with Gasteiger partial charge in [-0.1, -0.05) is 38.5 Å². The molecule has 0 spiro atoms. The molecule has 3 nitrogen and oxygen atoms in total. The zero-order chi connectivity index (χ0) is 14.5. The normalized spacial score (nSPS) is 29.6. The summed E-state index contributed by atoms with van der Waals surface area (Å²) in [5, 5.41) is 9.98. The predicted octanol–water partition coefficient (Wildman–Crippen LogP) is 2.88. The minimum atomic E-state index is 0.214. The Morgan fingerprint density at radius 3 is 2.00 bits per heavy atom. The molecule has 0 amide bonds. The van der Waals surface area contributed by atoms with Gasteiger partial charge in [-0.2, -0.15) is 0 Å². The Hall–Kier alpha value is -0.120. The van der Waals surface area contributed by atoms with Crippen molar-refractivity contribution in [2.24, 2.45) is 5.41 Å². The second-order valence-electron chi connectivity index (χ2n) is 7.82. The van der Waals surface area contributed by atoms with Crippen molar-refractivity contribution < 1.29 is 5.11 Å². The lowest BCUT2D eigenvalue weighted by molar-refractivity contribution is 0.0272. The maximum absolute atomic E-state index is 9.98. The van der Waals surface area contributed by atoms with Crippen molar-refractivity contribution in [2.75, 3.05) is 39.3 Å². The van der Waals surface area contributed by atoms with Crippen LogP contribution in [0.2, 0.25) is 0 Å². The molecule has 3 fully saturated rings. The molecule has 0 radical (unpaired) electrons. The fourth-order valence-corrected chi connectivity index (χ4v) is 4.88. The third-order valence-electron chi connectivity index (χ3n) is 6.31. The van der Waals surface area contributed by atoms with Gasteiger partial charge in [0.25, 0.3) is 0 Å². The van der Waals surface area contributed by atoms with Crippen LogP contribution >= 0.6 is 0 Å². The number of hydrogen-bond acceptors (Lipinski definition) is 3. The molecule has 0 unspecified atom stereocenters. The van der Waals surface area contributed by atoms with Crippen molar-refractivity contribution in [3.8, 4) is 0 Å². The second kappa shape index (κ2) is 7.43. The summed E-state index contributed by atoms with van der Waals surface area (Å²) in [7, 11) is 0. The standard InChI is InChI=1S/C18H34N2O/c21-16-18(9-5-1-2-6-10-18)15-19-11-13-20(14-12-19)17-7-3-4-8-17/h17,21H,1-16H2. The number of hydrogen-bond donors (Lipinski definition) is 1. The molecule has 3 heteroatoms. The molecule has 0 aromatic heterocycles. The second-order valence-corrected chi connectivity index (χ2v) is 7.82. The molecule has 2 saturated carbocycles. The van der Waals surface area contributed by atoms with Gasteiger partial charge in [0.15, 0.2) is 0 Å². The predicted molar refractivity (Wildman–Crippen MR) is 87.5 cm³/mol. The van der Waals surface area contributed by atoms with E-state index in [2.05, 4.69) is 9.80 Å². The van der Waals surface area contributed by atoms with E-state index in [1.54, 1.807) is 0 Å². The average molecular weight is 294 g/mol. The fourth-order valence-electron chi connectivity index (χ4n) is 4.88. The van der Waals surface area contributed by atoms with Gasteiger partial charge in [-0.25, -0.2) is 0 Å². The molecule has 122 valence electrons. The van der Waals surface area contributed by atoms with Gasteiger partial charge in [-0.05, 0) is 25.7 Å². The first-order valence-corrected chi connectivity index (χ1v) is 9.39. The summed E-state index contributed by atoms with van der Waals surface area (Å²) >= 11 is 0. The first-order chi connectivity index (χ1) is 10.3. The van der Waals surface area contributed by atoms with E-state index < -0.39 is 0 Å². The zero-order valence-electron chi connectivity index (χ0n) is 13.7. The minimum Gasteiger partial charge on any atom is -0.396 e. The molecule has 1 N–H and O–H groups in total. The summed E-state index contributed by atoms with van der Waals surface area (Å²) in [5.41, 5.74) is 0.214. The fraction of sp³-hybridized carbons (Fsp3) is 1.00. The lowest BCUT2D eigenvalue weighted by atomic mass is 9.80. The van der Waals surface area contributed by atoms with Gasteiger partial charge in [0.2, 0.25) is 0 Å². The van der Waals surface area contributed by atoms with E-state index in [0.29, 0.717) is 6.61 Å². The minimum absolute atomic E-state index is 0.214. The number of nitrogens with zero attached hydrogens (tertiary/aromatic N) is 2. The van der Waals surface area contributed by atoms with E-state index in [4.69, 9.17) is 0 Å². The van der Waals surface area contributed by atoms with E-state index in [9.17, 15) is 5.11 Å². The molecule has 0 aromatic rings. The maximum Gasteiger partial charge on any atom is 0.0499 e. The smallest absolute Gasteiger partial charge is 0.0499 e. The van der Waals surface area contributed by atoms with Gasteiger partial charge in [0, 0.05) is 50.8 Å². The van der Waals surface area contributed by atoms with Gasteiger partial charge in [0.05, 0.1) is 0 Å². The monoisotopic (exact) mass is 294 g/mol. The maximum atomic E-state index is 9.98. The van der Waals surface area contributed by atoms with Crippen molar-refractivity contribution in [3.63, 3.8) is 0 Å². The summed E-state index contributed by atoms with van der Waals surface area (Å²) in [6, 6.07) is 0.886. The highest BCUT2D eigenvalue weighted by atomic mass is 16.3. The van der Waals surface area contributed by atoms with E-state index in [1.807, 2.05) is 0 Å². The Balaban J connectivity index is 1.49. The van der Waals surface area contributed by atoms with E-state index >= 15 is 0 Å². The zero-order valence-corrected chi connectivity index (χ0v) is 13.7. The summed E-state index contributed by atoms with van der Waals surface area (Å²) in [5.74, 6) is 0. The van der Waals surface area contributed by atoms with Crippen molar-refractivity contribution in [3.05, 3.63) is 0 Å². The van der Waals surface area contributed by atoms with Crippen LogP contribution in [-0.4, -0.2) is 60.3 Å². The average Bonchev–Trinajstić information content (AvgIpc) is 2.96. The summed E-state index contributed by atoms with van der Waals surface area (Å²) < 4.78 is 0. The van der Waals surface area contributed by atoms with Crippen molar-refractivity contribution in [1.29, 1.82) is 0 Å². The quantitative estimate of drug-likeness (QED) is 0.808. The molecule has 3 aliphatic rings. The number of aliphatic hydroxyl groups is 1. The SMILES string of the molecule is OCC1(CN2CCN(C3CCCC3)CC2)CCCCCC1. The molecule has 1 saturated heterocycles. The van der Waals surface area contributed by atoms with Crippen LogP contribution in [0.5, 0.6) is 0 Å². The highest BCUT2D eigenvalue weighted by molar-refractivity contribution is 4.88. The molecular formula is C18H34N2O. The summed E-state index contributed by atoms with van der Waals surface area (Å²) in [4.78, 5) is 5.38. The largest absolute Gasteiger partial charge is 0.396 e. The molecule has 1 heterocycles. The Kier molecular flexibility index (Phi) is 5.58. The number of piperazine rings is 1. The molecule has 0 atom stereocenters. The van der Waals surface area contributed by atoms with Crippen LogP contribution in [0.4, 0.5) is 0 Å². The summed E-state index contributed by atoms with van der Waals surface area (Å²) in [6.45, 7) is 6.49. The van der Waals surface area contributed by atoms with Crippen LogP contribution in [0.1, 0.15) is 64.2 Å². The van der Waals surface area contributed by atoms with Crippen LogP contribution in [0.25, 0.3) is 0 Å². The molecular weight excluding hydrogens is 260 g/mol. The lowest BCUT2D eigenvalue weighted by Gasteiger charge is -2.42. The van der Waals surface area contributed by atoms with Gasteiger partial charge >= 0.3 is 0 Å². The third-order valence-corrected chi connectivity index (χ3v) is 6.31. The molecule has 1 aliphatic heterocycles. The van der Waals surface area contributed by atoms with Crippen LogP contribution in [0, 0.1) is 5.41 Å². The van der Waals surface area contributed by atoms with Crippen molar-refractivity contribution in [1.82, 2.24) is 9.80 Å². The Labute approximate surface area is 130 Å². The van der Waals surface area contributed by atoms with Gasteiger partial charge in [-0.15, -0.1) is 0 Å². The Bertz CT molecular complexity index is 298. The first kappa shape index (κ1) is 15.8. The van der Waals surface area contributed by atoms with E-state index in [1.165, 1.54) is 90.4 Å². The van der Waals surface area contributed by atoms with Gasteiger partial charge in [0.1, 0.15) is 0 Å². The van der Waals surface area contributed by atoms with E-state index in [0.717, 1.165) is 12.6 Å².